The average molecular weight is 222 g/mol. The van der Waals surface area contributed by atoms with Crippen molar-refractivity contribution < 1.29 is 0 Å². The van der Waals surface area contributed by atoms with E-state index < -0.39 is 0 Å². The highest BCUT2D eigenvalue weighted by atomic mass is 14.3. The minimum Gasteiger partial charge on any atom is -0.0584 e. The van der Waals surface area contributed by atoms with Crippen LogP contribution in [0.2, 0.25) is 0 Å². The smallest absolute Gasteiger partial charge is 0.00105 e. The van der Waals surface area contributed by atoms with E-state index in [2.05, 4.69) is 52.0 Å². The number of aryl methyl sites for hydroxylation is 3. The van der Waals surface area contributed by atoms with Crippen LogP contribution in [0.3, 0.4) is 0 Å². The number of hydrogen-bond acceptors (Lipinski definition) is 0. The summed E-state index contributed by atoms with van der Waals surface area (Å²) in [6, 6.07) is 9.19. The second-order valence-electron chi connectivity index (χ2n) is 5.33. The summed E-state index contributed by atoms with van der Waals surface area (Å²) in [4.78, 5) is 0. The van der Waals surface area contributed by atoms with E-state index in [4.69, 9.17) is 0 Å². The largest absolute Gasteiger partial charge is 0.0584 e. The summed E-state index contributed by atoms with van der Waals surface area (Å²) in [5.41, 5.74) is 11.7. The molecule has 0 amide bonds. The van der Waals surface area contributed by atoms with E-state index in [9.17, 15) is 0 Å². The topological polar surface area (TPSA) is 0 Å². The fourth-order valence-electron chi connectivity index (χ4n) is 3.11. The van der Waals surface area contributed by atoms with Crippen LogP contribution >= 0.6 is 0 Å². The van der Waals surface area contributed by atoms with Crippen LogP contribution in [0, 0.1) is 27.7 Å². The lowest BCUT2D eigenvalue weighted by Crippen LogP contribution is -1.89. The second kappa shape index (κ2) is 3.46. The molecule has 0 saturated carbocycles. The molecule has 0 atom stereocenters. The van der Waals surface area contributed by atoms with Gasteiger partial charge in [0.2, 0.25) is 0 Å². The van der Waals surface area contributed by atoms with Gasteiger partial charge >= 0.3 is 0 Å². The standard InChI is InChI=1S/C17H18/c1-10-7-12(3)17-14(8-10)9-16-13(4)11(2)5-6-15(16)17/h5-8H,9H2,1-4H3. The maximum Gasteiger partial charge on any atom is -0.00105 e. The van der Waals surface area contributed by atoms with Crippen LogP contribution in [-0.4, -0.2) is 0 Å². The van der Waals surface area contributed by atoms with Gasteiger partial charge in [-0.05, 0) is 73.1 Å². The summed E-state index contributed by atoms with van der Waals surface area (Å²) in [7, 11) is 0. The Morgan fingerprint density at radius 3 is 2.41 bits per heavy atom. The van der Waals surface area contributed by atoms with Crippen molar-refractivity contribution in [3.05, 3.63) is 57.6 Å². The molecule has 2 aromatic carbocycles. The minimum atomic E-state index is 1.11. The van der Waals surface area contributed by atoms with Crippen LogP contribution in [0.4, 0.5) is 0 Å². The Kier molecular flexibility index (Phi) is 2.16. The summed E-state index contributed by atoms with van der Waals surface area (Å²) >= 11 is 0. The molecule has 17 heavy (non-hydrogen) atoms. The van der Waals surface area contributed by atoms with E-state index >= 15 is 0 Å². The van der Waals surface area contributed by atoms with E-state index in [-0.39, 0.29) is 0 Å². The van der Waals surface area contributed by atoms with Gasteiger partial charge in [0, 0.05) is 0 Å². The van der Waals surface area contributed by atoms with Gasteiger partial charge in [-0.3, -0.25) is 0 Å². The maximum absolute atomic E-state index is 2.34. The maximum atomic E-state index is 2.34. The molecule has 0 aliphatic heterocycles. The first kappa shape index (κ1) is 10.6. The van der Waals surface area contributed by atoms with Crippen LogP contribution in [-0.2, 0) is 6.42 Å². The van der Waals surface area contributed by atoms with Crippen LogP contribution in [0.15, 0.2) is 24.3 Å². The second-order valence-corrected chi connectivity index (χ2v) is 5.33. The third-order valence-electron chi connectivity index (χ3n) is 4.07. The van der Waals surface area contributed by atoms with Crippen molar-refractivity contribution in [1.29, 1.82) is 0 Å². The monoisotopic (exact) mass is 222 g/mol. The Labute approximate surface area is 103 Å². The van der Waals surface area contributed by atoms with E-state index in [0.29, 0.717) is 0 Å². The first-order valence-electron chi connectivity index (χ1n) is 6.27. The quantitative estimate of drug-likeness (QED) is 0.525. The van der Waals surface area contributed by atoms with E-state index in [1.54, 1.807) is 0 Å². The Balaban J connectivity index is 2.33. The molecule has 0 unspecified atom stereocenters. The molecule has 0 nitrogen and oxygen atoms in total. The van der Waals surface area contributed by atoms with Crippen molar-refractivity contribution in [3.63, 3.8) is 0 Å². The lowest BCUT2D eigenvalue weighted by Gasteiger charge is -2.09. The summed E-state index contributed by atoms with van der Waals surface area (Å²) < 4.78 is 0. The molecule has 1 aliphatic rings. The molecule has 0 aromatic heterocycles. The van der Waals surface area contributed by atoms with Crippen molar-refractivity contribution >= 4 is 0 Å². The third-order valence-corrected chi connectivity index (χ3v) is 4.07. The van der Waals surface area contributed by atoms with Crippen LogP contribution in [0.5, 0.6) is 0 Å². The Morgan fingerprint density at radius 2 is 1.65 bits per heavy atom. The summed E-state index contributed by atoms with van der Waals surface area (Å²) in [6.45, 7) is 8.88. The number of rotatable bonds is 0. The molecule has 0 heterocycles. The van der Waals surface area contributed by atoms with Gasteiger partial charge in [0.25, 0.3) is 0 Å². The minimum absolute atomic E-state index is 1.11. The number of benzene rings is 2. The van der Waals surface area contributed by atoms with Gasteiger partial charge in [-0.25, -0.2) is 0 Å². The first-order chi connectivity index (χ1) is 8.08. The van der Waals surface area contributed by atoms with E-state index in [1.807, 2.05) is 0 Å². The molecule has 86 valence electrons. The predicted molar refractivity (Wildman–Crippen MR) is 73.6 cm³/mol. The van der Waals surface area contributed by atoms with Crippen LogP contribution in [0.25, 0.3) is 11.1 Å². The van der Waals surface area contributed by atoms with Gasteiger partial charge in [0.05, 0.1) is 0 Å². The molecule has 0 saturated heterocycles. The summed E-state index contributed by atoms with van der Waals surface area (Å²) in [5, 5.41) is 0. The van der Waals surface area contributed by atoms with Gasteiger partial charge in [0.1, 0.15) is 0 Å². The fraction of sp³-hybridized carbons (Fsp3) is 0.294. The van der Waals surface area contributed by atoms with Crippen molar-refractivity contribution in [2.45, 2.75) is 34.1 Å². The predicted octanol–water partition coefficient (Wildman–Crippen LogP) is 4.49. The zero-order valence-corrected chi connectivity index (χ0v) is 11.0. The molecule has 0 bridgehead atoms. The van der Waals surface area contributed by atoms with Gasteiger partial charge in [0.15, 0.2) is 0 Å². The van der Waals surface area contributed by atoms with Crippen molar-refractivity contribution in [2.24, 2.45) is 0 Å². The Morgan fingerprint density at radius 1 is 0.882 bits per heavy atom. The Hall–Kier alpha value is -1.56. The van der Waals surface area contributed by atoms with Gasteiger partial charge in [-0.1, -0.05) is 29.8 Å². The first-order valence-corrected chi connectivity index (χ1v) is 6.27. The van der Waals surface area contributed by atoms with Gasteiger partial charge < -0.3 is 0 Å². The molecule has 0 fully saturated rings. The average Bonchev–Trinajstić information content (AvgIpc) is 2.62. The van der Waals surface area contributed by atoms with Crippen LogP contribution in [0.1, 0.15) is 33.4 Å². The molecular weight excluding hydrogens is 204 g/mol. The molecule has 3 rings (SSSR count). The molecule has 0 N–H and O–H groups in total. The van der Waals surface area contributed by atoms with E-state index in [1.165, 1.54) is 44.5 Å². The highest BCUT2D eigenvalue weighted by Gasteiger charge is 2.22. The summed E-state index contributed by atoms with van der Waals surface area (Å²) in [5.74, 6) is 0. The molecule has 1 aliphatic carbocycles. The highest BCUT2D eigenvalue weighted by molar-refractivity contribution is 5.81. The molecular formula is C17H18. The fourth-order valence-corrected chi connectivity index (χ4v) is 3.11. The van der Waals surface area contributed by atoms with Crippen molar-refractivity contribution in [1.82, 2.24) is 0 Å². The molecule has 2 aromatic rings. The van der Waals surface area contributed by atoms with Crippen molar-refractivity contribution in [3.8, 4) is 11.1 Å². The van der Waals surface area contributed by atoms with Crippen LogP contribution < -0.4 is 0 Å². The SMILES string of the molecule is Cc1cc(C)c2c(c1)Cc1c-2ccc(C)c1C. The zero-order chi connectivity index (χ0) is 12.2. The van der Waals surface area contributed by atoms with Gasteiger partial charge in [-0.15, -0.1) is 0 Å². The zero-order valence-electron chi connectivity index (χ0n) is 11.0. The molecule has 0 radical (unpaired) electrons. The molecule has 0 spiro atoms. The van der Waals surface area contributed by atoms with Gasteiger partial charge in [-0.2, -0.15) is 0 Å². The van der Waals surface area contributed by atoms with E-state index in [0.717, 1.165) is 6.42 Å². The Bertz CT molecular complexity index is 618. The molecule has 0 heteroatoms. The lowest BCUT2D eigenvalue weighted by atomic mass is 9.96. The third kappa shape index (κ3) is 1.44. The summed E-state index contributed by atoms with van der Waals surface area (Å²) in [6.07, 6.45) is 1.11. The number of fused-ring (bicyclic) bond motifs is 3. The normalized spacial score (nSPS) is 12.5. The van der Waals surface area contributed by atoms with Crippen molar-refractivity contribution in [2.75, 3.05) is 0 Å². The number of hydrogen-bond donors (Lipinski definition) is 0. The highest BCUT2D eigenvalue weighted by Crippen LogP contribution is 2.41. The lowest BCUT2D eigenvalue weighted by molar-refractivity contribution is 1.18.